The fraction of sp³-hybridized carbons (Fsp3) is 0.300. The zero-order chi connectivity index (χ0) is 13.1. The van der Waals surface area contributed by atoms with Crippen LogP contribution < -0.4 is 5.73 Å². The first-order chi connectivity index (χ1) is 7.81. The van der Waals surface area contributed by atoms with E-state index in [1.165, 1.54) is 0 Å². The Kier molecular flexibility index (Phi) is 6.17. The molecule has 2 atom stereocenters. The van der Waals surface area contributed by atoms with Crippen molar-refractivity contribution in [1.29, 1.82) is 0 Å². The fourth-order valence-corrected chi connectivity index (χ4v) is 2.51. The van der Waals surface area contributed by atoms with Gasteiger partial charge in [0.25, 0.3) is 0 Å². The van der Waals surface area contributed by atoms with Crippen LogP contribution in [-0.2, 0) is 9.36 Å². The van der Waals surface area contributed by atoms with Gasteiger partial charge in [-0.3, -0.25) is 9.36 Å². The molecular formula is C10H16NO6P. The molecular weight excluding hydrogens is 261 g/mol. The molecule has 7 nitrogen and oxygen atoms in total. The van der Waals surface area contributed by atoms with Crippen molar-refractivity contribution in [2.24, 2.45) is 5.73 Å². The van der Waals surface area contributed by atoms with Gasteiger partial charge in [0, 0.05) is 5.92 Å². The molecule has 102 valence electrons. The van der Waals surface area contributed by atoms with E-state index in [9.17, 15) is 9.36 Å². The molecule has 1 rings (SSSR count). The summed E-state index contributed by atoms with van der Waals surface area (Å²) in [5, 5.41) is 8.83. The van der Waals surface area contributed by atoms with E-state index in [0.717, 1.165) is 0 Å². The van der Waals surface area contributed by atoms with Crippen LogP contribution >= 0.6 is 7.60 Å². The Bertz CT molecular complexity index is 431. The minimum atomic E-state index is -4.32. The molecule has 0 heterocycles. The van der Waals surface area contributed by atoms with Gasteiger partial charge >= 0.3 is 13.6 Å². The Morgan fingerprint density at radius 1 is 1.28 bits per heavy atom. The molecule has 0 bridgehead atoms. The summed E-state index contributed by atoms with van der Waals surface area (Å²) in [4.78, 5) is 28.7. The van der Waals surface area contributed by atoms with Crippen molar-refractivity contribution >= 4 is 13.6 Å². The van der Waals surface area contributed by atoms with E-state index in [1.54, 1.807) is 30.3 Å². The third kappa shape index (κ3) is 4.95. The summed E-state index contributed by atoms with van der Waals surface area (Å²) in [5.41, 5.74) is 5.96. The lowest BCUT2D eigenvalue weighted by Crippen LogP contribution is -2.38. The predicted octanol–water partition coefficient (Wildman–Crippen LogP) is -0.465. The van der Waals surface area contributed by atoms with Crippen LogP contribution in [0, 0.1) is 0 Å². The Hall–Kier alpha value is -1.24. The summed E-state index contributed by atoms with van der Waals surface area (Å²) in [6.07, 6.45) is -0.579. The SMILES string of the molecule is NC(C(=O)O)C(CP(=O)(O)O)c1ccccc1.O. The molecule has 0 aliphatic carbocycles. The summed E-state index contributed by atoms with van der Waals surface area (Å²) in [6.45, 7) is 0. The van der Waals surface area contributed by atoms with Gasteiger partial charge in [-0.15, -0.1) is 0 Å². The van der Waals surface area contributed by atoms with Gasteiger partial charge in [-0.05, 0) is 5.56 Å². The molecule has 0 spiro atoms. The monoisotopic (exact) mass is 277 g/mol. The Balaban J connectivity index is 0.00000289. The lowest BCUT2D eigenvalue weighted by atomic mass is 9.94. The van der Waals surface area contributed by atoms with Crippen molar-refractivity contribution in [3.63, 3.8) is 0 Å². The number of carboxylic acids is 1. The Morgan fingerprint density at radius 2 is 1.78 bits per heavy atom. The van der Waals surface area contributed by atoms with Gasteiger partial charge in [0.05, 0.1) is 6.16 Å². The molecule has 8 heteroatoms. The third-order valence-electron chi connectivity index (χ3n) is 2.38. The first-order valence-corrected chi connectivity index (χ1v) is 6.69. The molecule has 0 fully saturated rings. The smallest absolute Gasteiger partial charge is 0.326 e. The number of hydrogen-bond donors (Lipinski definition) is 4. The third-order valence-corrected chi connectivity index (χ3v) is 3.25. The molecule has 0 aromatic heterocycles. The van der Waals surface area contributed by atoms with Crippen LogP contribution in [0.1, 0.15) is 11.5 Å². The number of aliphatic carboxylic acids is 1. The van der Waals surface area contributed by atoms with E-state index in [0.29, 0.717) is 5.56 Å². The fourth-order valence-electron chi connectivity index (χ4n) is 1.55. The highest BCUT2D eigenvalue weighted by Gasteiger charge is 2.31. The standard InChI is InChI=1S/C10H14NO5P.H2O/c11-9(10(12)13)8(6-17(14,15)16)7-4-2-1-3-5-7;/h1-5,8-9H,6,11H2,(H,12,13)(H2,14,15,16);1H2. The minimum Gasteiger partial charge on any atom is -0.480 e. The maximum absolute atomic E-state index is 11.0. The van der Waals surface area contributed by atoms with Crippen LogP contribution in [0.5, 0.6) is 0 Å². The second kappa shape index (κ2) is 6.63. The van der Waals surface area contributed by atoms with Crippen molar-refractivity contribution in [3.8, 4) is 0 Å². The normalized spacial score (nSPS) is 14.4. The molecule has 0 aliphatic rings. The molecule has 2 unspecified atom stereocenters. The summed E-state index contributed by atoms with van der Waals surface area (Å²) >= 11 is 0. The summed E-state index contributed by atoms with van der Waals surface area (Å²) < 4.78 is 11.0. The van der Waals surface area contributed by atoms with E-state index in [-0.39, 0.29) is 5.48 Å². The van der Waals surface area contributed by atoms with Crippen LogP contribution in [0.2, 0.25) is 0 Å². The first-order valence-electron chi connectivity index (χ1n) is 4.89. The number of hydrogen-bond acceptors (Lipinski definition) is 3. The lowest BCUT2D eigenvalue weighted by Gasteiger charge is -2.21. The largest absolute Gasteiger partial charge is 0.480 e. The molecule has 1 aromatic carbocycles. The highest BCUT2D eigenvalue weighted by molar-refractivity contribution is 7.51. The molecule has 18 heavy (non-hydrogen) atoms. The summed E-state index contributed by atoms with van der Waals surface area (Å²) in [7, 11) is -4.32. The maximum Gasteiger partial charge on any atom is 0.326 e. The van der Waals surface area contributed by atoms with Gasteiger partial charge in [-0.25, -0.2) is 0 Å². The van der Waals surface area contributed by atoms with E-state index < -0.39 is 31.7 Å². The van der Waals surface area contributed by atoms with Crippen LogP contribution in [0.25, 0.3) is 0 Å². The number of carbonyl (C=O) groups is 1. The summed E-state index contributed by atoms with van der Waals surface area (Å²) in [5.74, 6) is -2.19. The van der Waals surface area contributed by atoms with Gasteiger partial charge < -0.3 is 26.1 Å². The first kappa shape index (κ1) is 16.8. The van der Waals surface area contributed by atoms with E-state index in [1.807, 2.05) is 0 Å². The quantitative estimate of drug-likeness (QED) is 0.534. The average molecular weight is 277 g/mol. The van der Waals surface area contributed by atoms with Gasteiger partial charge in [0.1, 0.15) is 6.04 Å². The van der Waals surface area contributed by atoms with Crippen molar-refractivity contribution in [2.75, 3.05) is 6.16 Å². The average Bonchev–Trinajstić information content (AvgIpc) is 2.25. The van der Waals surface area contributed by atoms with Crippen molar-refractivity contribution < 1.29 is 29.7 Å². The lowest BCUT2D eigenvalue weighted by molar-refractivity contribution is -0.138. The second-order valence-corrected chi connectivity index (χ2v) is 5.42. The summed E-state index contributed by atoms with van der Waals surface area (Å²) in [6, 6.07) is 6.91. The molecule has 0 saturated heterocycles. The van der Waals surface area contributed by atoms with Gasteiger partial charge in [0.15, 0.2) is 0 Å². The van der Waals surface area contributed by atoms with E-state index in [4.69, 9.17) is 20.6 Å². The molecule has 0 saturated carbocycles. The highest BCUT2D eigenvalue weighted by Crippen LogP contribution is 2.41. The van der Waals surface area contributed by atoms with Crippen LogP contribution in [-0.4, -0.2) is 38.5 Å². The number of rotatable bonds is 5. The Morgan fingerprint density at radius 3 is 2.17 bits per heavy atom. The number of carboxylic acid groups (broad SMARTS) is 1. The van der Waals surface area contributed by atoms with E-state index >= 15 is 0 Å². The van der Waals surface area contributed by atoms with Crippen LogP contribution in [0.15, 0.2) is 30.3 Å². The van der Waals surface area contributed by atoms with Crippen molar-refractivity contribution in [3.05, 3.63) is 35.9 Å². The molecule has 0 aliphatic heterocycles. The number of benzene rings is 1. The minimum absolute atomic E-state index is 0. The zero-order valence-corrected chi connectivity index (χ0v) is 10.3. The molecule has 0 amide bonds. The van der Waals surface area contributed by atoms with Crippen molar-refractivity contribution in [1.82, 2.24) is 0 Å². The maximum atomic E-state index is 11.0. The van der Waals surface area contributed by atoms with Crippen LogP contribution in [0.3, 0.4) is 0 Å². The highest BCUT2D eigenvalue weighted by atomic mass is 31.2. The molecule has 0 radical (unpaired) electrons. The Labute approximate surface area is 104 Å². The predicted molar refractivity (Wildman–Crippen MR) is 65.3 cm³/mol. The zero-order valence-electron chi connectivity index (χ0n) is 9.43. The molecule has 7 N–H and O–H groups in total. The molecule has 1 aromatic rings. The van der Waals surface area contributed by atoms with Gasteiger partial charge in [-0.1, -0.05) is 30.3 Å². The van der Waals surface area contributed by atoms with E-state index in [2.05, 4.69) is 0 Å². The second-order valence-electron chi connectivity index (χ2n) is 3.73. The van der Waals surface area contributed by atoms with Crippen molar-refractivity contribution in [2.45, 2.75) is 12.0 Å². The van der Waals surface area contributed by atoms with Gasteiger partial charge in [0.2, 0.25) is 0 Å². The topological polar surface area (TPSA) is 152 Å². The number of nitrogens with two attached hydrogens (primary N) is 1. The van der Waals surface area contributed by atoms with Crippen LogP contribution in [0.4, 0.5) is 0 Å². The van der Waals surface area contributed by atoms with Gasteiger partial charge in [-0.2, -0.15) is 0 Å².